The smallest absolute Gasteiger partial charge is 0.265 e. The molecule has 10 heteroatoms. The van der Waals surface area contributed by atoms with Gasteiger partial charge in [0.05, 0.1) is 22.4 Å². The summed E-state index contributed by atoms with van der Waals surface area (Å²) in [5.74, 6) is 0.660. The highest BCUT2D eigenvalue weighted by atomic mass is 35.5. The standard InChI is InChI=1S/C26H23Cl2N7O/c1-29-13-17-12-18(6-7-19(17)16-8-10-30-11-9-16)32-26-31-14-20-24(33-26)34(2)15-35(25(20)36)23-21(27)4-3-5-22(23)28/h3-12,14,29H,13,15H2,1-2H3,(H,31,32,33). The maximum atomic E-state index is 13.3. The Morgan fingerprint density at radius 2 is 1.78 bits per heavy atom. The lowest BCUT2D eigenvalue weighted by atomic mass is 10.00. The molecular weight excluding hydrogens is 497 g/mol. The average Bonchev–Trinajstić information content (AvgIpc) is 2.88. The van der Waals surface area contributed by atoms with Crippen LogP contribution in [0.25, 0.3) is 11.1 Å². The Kier molecular flexibility index (Phi) is 6.73. The van der Waals surface area contributed by atoms with Crippen LogP contribution in [0.2, 0.25) is 10.0 Å². The van der Waals surface area contributed by atoms with E-state index < -0.39 is 0 Å². The summed E-state index contributed by atoms with van der Waals surface area (Å²) in [5.41, 5.74) is 5.01. The van der Waals surface area contributed by atoms with Crippen molar-refractivity contribution in [2.24, 2.45) is 0 Å². The van der Waals surface area contributed by atoms with E-state index in [-0.39, 0.29) is 12.6 Å². The van der Waals surface area contributed by atoms with Crippen LogP contribution in [0.4, 0.5) is 23.1 Å². The summed E-state index contributed by atoms with van der Waals surface area (Å²) in [4.78, 5) is 29.9. The molecule has 2 aromatic heterocycles. The van der Waals surface area contributed by atoms with Crippen LogP contribution in [0.15, 0.2) is 67.1 Å². The van der Waals surface area contributed by atoms with Gasteiger partial charge in [-0.05, 0) is 60.1 Å². The van der Waals surface area contributed by atoms with Gasteiger partial charge >= 0.3 is 0 Å². The molecule has 0 atom stereocenters. The molecule has 0 spiro atoms. The van der Waals surface area contributed by atoms with Crippen molar-refractivity contribution in [1.82, 2.24) is 20.3 Å². The number of amides is 1. The largest absolute Gasteiger partial charge is 0.341 e. The molecule has 0 saturated heterocycles. The number of hydrogen-bond acceptors (Lipinski definition) is 7. The number of rotatable bonds is 6. The van der Waals surface area contributed by atoms with Crippen molar-refractivity contribution in [1.29, 1.82) is 0 Å². The van der Waals surface area contributed by atoms with Crippen LogP contribution < -0.4 is 20.4 Å². The van der Waals surface area contributed by atoms with E-state index >= 15 is 0 Å². The zero-order valence-corrected chi connectivity index (χ0v) is 21.2. The van der Waals surface area contributed by atoms with Crippen LogP contribution in [0.3, 0.4) is 0 Å². The molecular formula is C26H23Cl2N7O. The van der Waals surface area contributed by atoms with Crippen LogP contribution in [-0.4, -0.2) is 41.6 Å². The van der Waals surface area contributed by atoms with E-state index in [4.69, 9.17) is 23.2 Å². The van der Waals surface area contributed by atoms with E-state index in [2.05, 4.69) is 37.7 Å². The monoisotopic (exact) mass is 519 g/mol. The van der Waals surface area contributed by atoms with Gasteiger partial charge in [-0.25, -0.2) is 4.98 Å². The molecule has 1 amide bonds. The maximum absolute atomic E-state index is 13.3. The minimum absolute atomic E-state index is 0.249. The van der Waals surface area contributed by atoms with Crippen molar-refractivity contribution in [3.63, 3.8) is 0 Å². The highest BCUT2D eigenvalue weighted by Gasteiger charge is 2.32. The number of aromatic nitrogens is 3. The van der Waals surface area contributed by atoms with Crippen molar-refractivity contribution in [3.05, 3.63) is 88.3 Å². The van der Waals surface area contributed by atoms with Gasteiger partial charge in [0.15, 0.2) is 0 Å². The molecule has 0 saturated carbocycles. The SMILES string of the molecule is CNCc1cc(Nc2ncc3c(n2)N(C)CN(c2c(Cl)cccc2Cl)C3=O)ccc1-c1ccncc1. The van der Waals surface area contributed by atoms with Crippen LogP contribution in [0.1, 0.15) is 15.9 Å². The molecule has 8 nitrogen and oxygen atoms in total. The fraction of sp³-hybridized carbons (Fsp3) is 0.154. The Morgan fingerprint density at radius 1 is 1.03 bits per heavy atom. The summed E-state index contributed by atoms with van der Waals surface area (Å²) in [7, 11) is 3.77. The zero-order valence-electron chi connectivity index (χ0n) is 19.7. The number of benzene rings is 2. The summed E-state index contributed by atoms with van der Waals surface area (Å²) in [6.07, 6.45) is 5.09. The van der Waals surface area contributed by atoms with Gasteiger partial charge in [-0.15, -0.1) is 0 Å². The van der Waals surface area contributed by atoms with Gasteiger partial charge in [0.25, 0.3) is 5.91 Å². The number of carbonyl (C=O) groups is 1. The predicted octanol–water partition coefficient (Wildman–Crippen LogP) is 5.36. The quantitative estimate of drug-likeness (QED) is 0.354. The zero-order chi connectivity index (χ0) is 25.2. The normalized spacial score (nSPS) is 13.1. The van der Waals surface area contributed by atoms with Gasteiger partial charge in [-0.2, -0.15) is 4.98 Å². The summed E-state index contributed by atoms with van der Waals surface area (Å²) in [6, 6.07) is 15.2. The molecule has 2 aromatic carbocycles. The average molecular weight is 520 g/mol. The van der Waals surface area contributed by atoms with Gasteiger partial charge in [0.1, 0.15) is 11.4 Å². The second-order valence-electron chi connectivity index (χ2n) is 8.34. The van der Waals surface area contributed by atoms with E-state index in [1.54, 1.807) is 30.6 Å². The summed E-state index contributed by atoms with van der Waals surface area (Å²) in [5, 5.41) is 7.30. The number of carbonyl (C=O) groups excluding carboxylic acids is 1. The third-order valence-electron chi connectivity index (χ3n) is 5.89. The Hall–Kier alpha value is -3.72. The molecule has 0 aliphatic carbocycles. The first kappa shape index (κ1) is 24.0. The number of anilines is 4. The number of nitrogens with zero attached hydrogens (tertiary/aromatic N) is 5. The summed E-state index contributed by atoms with van der Waals surface area (Å²) < 4.78 is 0. The Morgan fingerprint density at radius 3 is 2.50 bits per heavy atom. The Labute approximate surface area is 218 Å². The summed E-state index contributed by atoms with van der Waals surface area (Å²) in [6.45, 7) is 0.939. The molecule has 5 rings (SSSR count). The lowest BCUT2D eigenvalue weighted by Gasteiger charge is -2.35. The maximum Gasteiger partial charge on any atom is 0.265 e. The third kappa shape index (κ3) is 4.58. The molecule has 2 N–H and O–H groups in total. The number of para-hydroxylation sites is 1. The topological polar surface area (TPSA) is 86.3 Å². The minimum Gasteiger partial charge on any atom is -0.341 e. The molecule has 182 valence electrons. The Balaban J connectivity index is 1.43. The molecule has 0 radical (unpaired) electrons. The molecule has 4 aromatic rings. The van der Waals surface area contributed by atoms with E-state index in [1.807, 2.05) is 37.2 Å². The summed E-state index contributed by atoms with van der Waals surface area (Å²) >= 11 is 12.7. The molecule has 1 aliphatic heterocycles. The molecule has 0 fully saturated rings. The van der Waals surface area contributed by atoms with Crippen molar-refractivity contribution in [2.75, 3.05) is 35.9 Å². The molecule has 0 unspecified atom stereocenters. The van der Waals surface area contributed by atoms with Crippen LogP contribution in [0, 0.1) is 0 Å². The number of pyridine rings is 1. The van der Waals surface area contributed by atoms with Crippen molar-refractivity contribution in [3.8, 4) is 11.1 Å². The molecule has 3 heterocycles. The van der Waals surface area contributed by atoms with Gasteiger partial charge in [-0.1, -0.05) is 35.3 Å². The Bertz CT molecular complexity index is 1410. The lowest BCUT2D eigenvalue weighted by molar-refractivity contribution is 0.0982. The second-order valence-corrected chi connectivity index (χ2v) is 9.15. The highest BCUT2D eigenvalue weighted by Crippen LogP contribution is 2.37. The molecule has 36 heavy (non-hydrogen) atoms. The van der Waals surface area contributed by atoms with Crippen molar-refractivity contribution < 1.29 is 4.79 Å². The second kappa shape index (κ2) is 10.1. The third-order valence-corrected chi connectivity index (χ3v) is 6.50. The number of halogens is 2. The highest BCUT2D eigenvalue weighted by molar-refractivity contribution is 6.40. The first-order valence-electron chi connectivity index (χ1n) is 11.2. The van der Waals surface area contributed by atoms with Gasteiger partial charge in [0.2, 0.25) is 5.95 Å². The van der Waals surface area contributed by atoms with Crippen molar-refractivity contribution in [2.45, 2.75) is 6.54 Å². The van der Waals surface area contributed by atoms with Crippen LogP contribution in [-0.2, 0) is 6.54 Å². The van der Waals surface area contributed by atoms with Crippen LogP contribution in [0.5, 0.6) is 0 Å². The van der Waals surface area contributed by atoms with E-state index in [0.717, 1.165) is 22.4 Å². The lowest BCUT2D eigenvalue weighted by Crippen LogP contribution is -2.46. The van der Waals surface area contributed by atoms with E-state index in [1.165, 1.54) is 11.1 Å². The van der Waals surface area contributed by atoms with E-state index in [9.17, 15) is 4.79 Å². The van der Waals surface area contributed by atoms with E-state index in [0.29, 0.717) is 39.6 Å². The van der Waals surface area contributed by atoms with Gasteiger partial charge in [-0.3, -0.25) is 14.7 Å². The van der Waals surface area contributed by atoms with Crippen molar-refractivity contribution >= 4 is 52.3 Å². The fourth-order valence-electron chi connectivity index (χ4n) is 4.23. The number of fused-ring (bicyclic) bond motifs is 1. The minimum atomic E-state index is -0.261. The fourth-order valence-corrected chi connectivity index (χ4v) is 4.83. The first-order chi connectivity index (χ1) is 17.5. The number of hydrogen-bond donors (Lipinski definition) is 2. The number of nitrogens with one attached hydrogen (secondary N) is 2. The van der Waals surface area contributed by atoms with Gasteiger partial charge in [0, 0.05) is 37.9 Å². The van der Waals surface area contributed by atoms with Gasteiger partial charge < -0.3 is 15.5 Å². The van der Waals surface area contributed by atoms with Crippen LogP contribution >= 0.6 is 23.2 Å². The molecule has 0 bridgehead atoms. The predicted molar refractivity (Wildman–Crippen MR) is 144 cm³/mol. The molecule has 1 aliphatic rings. The first-order valence-corrected chi connectivity index (χ1v) is 12.0.